The molecule has 2 N–H and O–H groups in total. The van der Waals surface area contributed by atoms with Crippen LogP contribution in [0.4, 0.5) is 0 Å². The molecule has 0 fully saturated rings. The fourth-order valence-corrected chi connectivity index (χ4v) is 3.56. The van der Waals surface area contributed by atoms with Crippen LogP contribution in [-0.2, 0) is 16.1 Å². The maximum Gasteiger partial charge on any atom is 0.303 e. The molecule has 0 aliphatic rings. The van der Waals surface area contributed by atoms with Crippen LogP contribution in [0, 0.1) is 0 Å². The zero-order chi connectivity index (χ0) is 21.0. The van der Waals surface area contributed by atoms with Crippen molar-refractivity contribution in [2.24, 2.45) is 0 Å². The largest absolute Gasteiger partial charge is 0.481 e. The number of rotatable bonds is 20. The number of carboxylic acids is 1. The Kier molecular flexibility index (Phi) is 16.5. The van der Waals surface area contributed by atoms with Crippen molar-refractivity contribution < 1.29 is 19.7 Å². The van der Waals surface area contributed by atoms with Crippen molar-refractivity contribution in [3.63, 3.8) is 0 Å². The molecular formula is C25H42O4. The van der Waals surface area contributed by atoms with E-state index in [-0.39, 0.29) is 6.10 Å². The molecule has 1 unspecified atom stereocenters. The van der Waals surface area contributed by atoms with Crippen molar-refractivity contribution in [3.8, 4) is 0 Å². The minimum Gasteiger partial charge on any atom is -0.481 e. The lowest BCUT2D eigenvalue weighted by atomic mass is 10.0. The Hall–Kier alpha value is -1.39. The molecule has 0 heterocycles. The summed E-state index contributed by atoms with van der Waals surface area (Å²) >= 11 is 0. The molecule has 0 radical (unpaired) electrons. The third-order valence-electron chi connectivity index (χ3n) is 5.37. The van der Waals surface area contributed by atoms with Gasteiger partial charge in [-0.15, -0.1) is 0 Å². The summed E-state index contributed by atoms with van der Waals surface area (Å²) in [6.07, 6.45) is 15.5. The summed E-state index contributed by atoms with van der Waals surface area (Å²) in [5.74, 6) is -0.694. The van der Waals surface area contributed by atoms with Crippen LogP contribution in [0.15, 0.2) is 30.3 Å². The van der Waals surface area contributed by atoms with Crippen molar-refractivity contribution >= 4 is 5.97 Å². The van der Waals surface area contributed by atoms with Crippen LogP contribution < -0.4 is 0 Å². The van der Waals surface area contributed by atoms with Gasteiger partial charge in [-0.05, 0) is 31.2 Å². The van der Waals surface area contributed by atoms with Crippen LogP contribution in [0.2, 0.25) is 0 Å². The molecule has 166 valence electrons. The van der Waals surface area contributed by atoms with Crippen LogP contribution in [0.25, 0.3) is 0 Å². The van der Waals surface area contributed by atoms with Crippen LogP contribution in [0.5, 0.6) is 0 Å². The van der Waals surface area contributed by atoms with E-state index in [9.17, 15) is 9.90 Å². The summed E-state index contributed by atoms with van der Waals surface area (Å²) in [5.41, 5.74) is 1.24. The predicted molar refractivity (Wildman–Crippen MR) is 119 cm³/mol. The Morgan fingerprint density at radius 1 is 0.759 bits per heavy atom. The maximum atomic E-state index is 10.4. The lowest BCUT2D eigenvalue weighted by Gasteiger charge is -2.10. The van der Waals surface area contributed by atoms with E-state index >= 15 is 0 Å². The van der Waals surface area contributed by atoms with E-state index in [1.165, 1.54) is 31.2 Å². The van der Waals surface area contributed by atoms with Gasteiger partial charge in [0, 0.05) is 13.0 Å². The zero-order valence-corrected chi connectivity index (χ0v) is 18.2. The minimum atomic E-state index is -0.694. The predicted octanol–water partition coefficient (Wildman–Crippen LogP) is 6.50. The van der Waals surface area contributed by atoms with Crippen molar-refractivity contribution in [1.82, 2.24) is 0 Å². The highest BCUT2D eigenvalue weighted by molar-refractivity contribution is 5.66. The number of aliphatic hydroxyl groups excluding tert-OH is 1. The first kappa shape index (κ1) is 25.6. The molecule has 0 aromatic heterocycles. The number of hydrogen-bond donors (Lipinski definition) is 2. The molecular weight excluding hydrogens is 364 g/mol. The van der Waals surface area contributed by atoms with Gasteiger partial charge in [-0.3, -0.25) is 4.79 Å². The number of carbonyl (C=O) groups is 1. The SMILES string of the molecule is O=C(O)CCCCCCCCC(O)CCCCCCCCOCc1ccccc1. The molecule has 0 bridgehead atoms. The first-order chi connectivity index (χ1) is 14.2. The Bertz CT molecular complexity index is 489. The van der Waals surface area contributed by atoms with Crippen LogP contribution >= 0.6 is 0 Å². The lowest BCUT2D eigenvalue weighted by Crippen LogP contribution is -2.05. The smallest absolute Gasteiger partial charge is 0.303 e. The van der Waals surface area contributed by atoms with Gasteiger partial charge in [0.2, 0.25) is 0 Å². The third-order valence-corrected chi connectivity index (χ3v) is 5.37. The molecule has 0 aliphatic carbocycles. The van der Waals surface area contributed by atoms with Crippen molar-refractivity contribution in [3.05, 3.63) is 35.9 Å². The number of aliphatic carboxylic acids is 1. The van der Waals surface area contributed by atoms with Gasteiger partial charge < -0.3 is 14.9 Å². The fraction of sp³-hybridized carbons (Fsp3) is 0.720. The van der Waals surface area contributed by atoms with Crippen molar-refractivity contribution in [2.45, 2.75) is 109 Å². The van der Waals surface area contributed by atoms with Gasteiger partial charge in [0.25, 0.3) is 0 Å². The molecule has 0 amide bonds. The summed E-state index contributed by atoms with van der Waals surface area (Å²) in [5, 5.41) is 18.6. The summed E-state index contributed by atoms with van der Waals surface area (Å²) in [4.78, 5) is 10.4. The molecule has 1 rings (SSSR count). The van der Waals surface area contributed by atoms with E-state index in [1.807, 2.05) is 18.2 Å². The monoisotopic (exact) mass is 406 g/mol. The molecule has 0 saturated heterocycles. The molecule has 0 aliphatic heterocycles. The van der Waals surface area contributed by atoms with Gasteiger partial charge in [0.1, 0.15) is 0 Å². The molecule has 1 aromatic carbocycles. The van der Waals surface area contributed by atoms with Gasteiger partial charge >= 0.3 is 5.97 Å². The minimum absolute atomic E-state index is 0.145. The molecule has 0 saturated carbocycles. The van der Waals surface area contributed by atoms with E-state index in [0.717, 1.165) is 70.8 Å². The van der Waals surface area contributed by atoms with Gasteiger partial charge in [-0.25, -0.2) is 0 Å². The van der Waals surface area contributed by atoms with Crippen LogP contribution in [0.1, 0.15) is 102 Å². The Morgan fingerprint density at radius 2 is 1.28 bits per heavy atom. The average molecular weight is 407 g/mol. The van der Waals surface area contributed by atoms with E-state index < -0.39 is 5.97 Å². The topological polar surface area (TPSA) is 66.8 Å². The molecule has 4 nitrogen and oxygen atoms in total. The highest BCUT2D eigenvalue weighted by atomic mass is 16.5. The average Bonchev–Trinajstić information content (AvgIpc) is 2.72. The summed E-state index contributed by atoms with van der Waals surface area (Å²) < 4.78 is 5.71. The lowest BCUT2D eigenvalue weighted by molar-refractivity contribution is -0.137. The highest BCUT2D eigenvalue weighted by Crippen LogP contribution is 2.14. The summed E-state index contributed by atoms with van der Waals surface area (Å²) in [7, 11) is 0. The van der Waals surface area contributed by atoms with E-state index in [0.29, 0.717) is 13.0 Å². The molecule has 0 spiro atoms. The molecule has 29 heavy (non-hydrogen) atoms. The van der Waals surface area contributed by atoms with Crippen LogP contribution in [0.3, 0.4) is 0 Å². The number of benzene rings is 1. The maximum absolute atomic E-state index is 10.4. The van der Waals surface area contributed by atoms with E-state index in [1.54, 1.807) is 0 Å². The second-order valence-corrected chi connectivity index (χ2v) is 8.16. The van der Waals surface area contributed by atoms with Gasteiger partial charge in [0.15, 0.2) is 0 Å². The quantitative estimate of drug-likeness (QED) is 0.243. The number of aliphatic hydroxyl groups is 1. The number of unbranched alkanes of at least 4 members (excludes halogenated alkanes) is 10. The van der Waals surface area contributed by atoms with E-state index in [2.05, 4.69) is 12.1 Å². The number of hydrogen-bond acceptors (Lipinski definition) is 3. The molecule has 1 aromatic rings. The first-order valence-corrected chi connectivity index (χ1v) is 11.7. The van der Waals surface area contributed by atoms with Crippen molar-refractivity contribution in [1.29, 1.82) is 0 Å². The molecule has 1 atom stereocenters. The Balaban J connectivity index is 1.76. The first-order valence-electron chi connectivity index (χ1n) is 11.7. The number of ether oxygens (including phenoxy) is 1. The fourth-order valence-electron chi connectivity index (χ4n) is 3.56. The van der Waals surface area contributed by atoms with Crippen LogP contribution in [-0.4, -0.2) is 28.9 Å². The number of carboxylic acid groups (broad SMARTS) is 1. The van der Waals surface area contributed by atoms with Gasteiger partial charge in [0.05, 0.1) is 12.7 Å². The second kappa shape index (κ2) is 18.6. The third kappa shape index (κ3) is 17.2. The normalized spacial score (nSPS) is 12.2. The molecule has 4 heteroatoms. The summed E-state index contributed by atoms with van der Waals surface area (Å²) in [6, 6.07) is 10.3. The standard InChI is InChI=1S/C25H42O4/c26-24(18-12-5-1-2-7-14-20-25(27)28)19-13-6-3-4-8-15-21-29-22-23-16-10-9-11-17-23/h9-11,16-17,24,26H,1-8,12-15,18-22H2,(H,27,28). The zero-order valence-electron chi connectivity index (χ0n) is 18.2. The Labute approximate surface area is 177 Å². The Morgan fingerprint density at radius 3 is 1.86 bits per heavy atom. The van der Waals surface area contributed by atoms with Gasteiger partial charge in [-0.2, -0.15) is 0 Å². The van der Waals surface area contributed by atoms with Crippen molar-refractivity contribution in [2.75, 3.05) is 6.61 Å². The van der Waals surface area contributed by atoms with Gasteiger partial charge in [-0.1, -0.05) is 94.5 Å². The second-order valence-electron chi connectivity index (χ2n) is 8.16. The van der Waals surface area contributed by atoms with E-state index in [4.69, 9.17) is 9.84 Å². The highest BCUT2D eigenvalue weighted by Gasteiger charge is 2.04. The summed E-state index contributed by atoms with van der Waals surface area (Å²) in [6.45, 7) is 1.55.